The van der Waals surface area contributed by atoms with Gasteiger partial charge in [-0.05, 0) is 60.8 Å². The molecule has 164 valence electrons. The van der Waals surface area contributed by atoms with Gasteiger partial charge in [-0.25, -0.2) is 17.6 Å². The average Bonchev–Trinajstić information content (AvgIpc) is 2.71. The van der Waals surface area contributed by atoms with Crippen LogP contribution in [-0.2, 0) is 0 Å². The van der Waals surface area contributed by atoms with Crippen LogP contribution < -0.4 is 0 Å². The van der Waals surface area contributed by atoms with Gasteiger partial charge < -0.3 is 0 Å². The van der Waals surface area contributed by atoms with Crippen LogP contribution in [0.1, 0.15) is 40.5 Å². The fraction of sp³-hybridized carbons (Fsp3) is 0.308. The van der Waals surface area contributed by atoms with E-state index in [9.17, 15) is 17.6 Å². The lowest BCUT2D eigenvalue weighted by atomic mass is 9.88. The second-order valence-electron chi connectivity index (χ2n) is 7.65. The van der Waals surface area contributed by atoms with Crippen molar-refractivity contribution < 1.29 is 17.6 Å². The van der Waals surface area contributed by atoms with E-state index in [1.165, 1.54) is 13.0 Å². The molecule has 0 aromatic rings. The van der Waals surface area contributed by atoms with Crippen molar-refractivity contribution in [1.29, 1.82) is 0 Å². The van der Waals surface area contributed by atoms with Crippen LogP contribution in [0.2, 0.25) is 0 Å². The first-order valence-corrected chi connectivity index (χ1v) is 9.59. The van der Waals surface area contributed by atoms with Gasteiger partial charge in [0.2, 0.25) is 0 Å². The van der Waals surface area contributed by atoms with Crippen molar-refractivity contribution >= 4 is 0 Å². The quantitative estimate of drug-likeness (QED) is 0.218. The van der Waals surface area contributed by atoms with Crippen LogP contribution in [0.25, 0.3) is 0 Å². The highest BCUT2D eigenvalue weighted by Crippen LogP contribution is 2.34. The summed E-state index contributed by atoms with van der Waals surface area (Å²) in [6, 6.07) is 0. The third-order valence-electron chi connectivity index (χ3n) is 4.77. The highest BCUT2D eigenvalue weighted by atomic mass is 19.2. The van der Waals surface area contributed by atoms with E-state index in [1.54, 1.807) is 26.8 Å². The number of hydrogen-bond donors (Lipinski definition) is 0. The van der Waals surface area contributed by atoms with Gasteiger partial charge in [-0.3, -0.25) is 0 Å². The smallest absolute Gasteiger partial charge is 0.166 e. The Morgan fingerprint density at radius 3 is 1.43 bits per heavy atom. The summed E-state index contributed by atoms with van der Waals surface area (Å²) in [5, 5.41) is 0. The zero-order valence-corrected chi connectivity index (χ0v) is 18.5. The Bertz CT molecular complexity index is 846. The minimum absolute atomic E-state index is 0.00415. The third kappa shape index (κ3) is 8.02. The van der Waals surface area contributed by atoms with Crippen LogP contribution in [-0.4, -0.2) is 0 Å². The van der Waals surface area contributed by atoms with Gasteiger partial charge in [0.1, 0.15) is 0 Å². The lowest BCUT2D eigenvalue weighted by molar-refractivity contribution is 0.464. The molecule has 0 saturated heterocycles. The van der Waals surface area contributed by atoms with E-state index in [2.05, 4.69) is 39.5 Å². The molecule has 0 heterocycles. The summed E-state index contributed by atoms with van der Waals surface area (Å²) in [5.41, 5.74) is 0.722. The van der Waals surface area contributed by atoms with Crippen LogP contribution in [0.3, 0.4) is 0 Å². The van der Waals surface area contributed by atoms with E-state index < -0.39 is 35.1 Å². The number of hydrogen-bond acceptors (Lipinski definition) is 0. The Labute approximate surface area is 178 Å². The van der Waals surface area contributed by atoms with Crippen LogP contribution in [0.15, 0.2) is 108 Å². The van der Waals surface area contributed by atoms with Crippen LogP contribution in [0, 0.1) is 11.8 Å². The lowest BCUT2D eigenvalue weighted by Crippen LogP contribution is -2.07. The summed E-state index contributed by atoms with van der Waals surface area (Å²) in [6.45, 7) is 28.0. The first kappa shape index (κ1) is 27.4. The lowest BCUT2D eigenvalue weighted by Gasteiger charge is -2.19. The predicted octanol–water partition coefficient (Wildman–Crippen LogP) is 9.27. The molecular formula is C26H32F4. The molecule has 2 atom stereocenters. The zero-order chi connectivity index (χ0) is 23.8. The SMILES string of the molecule is C=C(C)/C=C\C(=C)C(=C)/C(F)=C(/F)C(=C)C(C)CCC(C)C(=C)/C(F)=C(/F)C(=C)C. The molecular weight excluding hydrogens is 388 g/mol. The van der Waals surface area contributed by atoms with Crippen molar-refractivity contribution in [2.75, 3.05) is 0 Å². The topological polar surface area (TPSA) is 0 Å². The molecule has 0 amide bonds. The Kier molecular flexibility index (Phi) is 11.1. The Balaban J connectivity index is 5.18. The molecule has 0 fully saturated rings. The summed E-state index contributed by atoms with van der Waals surface area (Å²) in [6.07, 6.45) is 3.89. The van der Waals surface area contributed by atoms with Crippen LogP contribution >= 0.6 is 0 Å². The summed E-state index contributed by atoms with van der Waals surface area (Å²) in [7, 11) is 0. The van der Waals surface area contributed by atoms with Crippen molar-refractivity contribution in [3.05, 3.63) is 108 Å². The molecule has 4 heteroatoms. The van der Waals surface area contributed by atoms with Crippen molar-refractivity contribution in [3.63, 3.8) is 0 Å². The molecule has 0 aliphatic carbocycles. The summed E-state index contributed by atoms with van der Waals surface area (Å²) in [4.78, 5) is 0. The van der Waals surface area contributed by atoms with Crippen LogP contribution in [0.4, 0.5) is 17.6 Å². The second kappa shape index (κ2) is 12.2. The molecule has 0 aromatic carbocycles. The number of allylic oxidation sites excluding steroid dienone is 12. The number of rotatable bonds is 12. The molecule has 0 aliphatic heterocycles. The van der Waals surface area contributed by atoms with Gasteiger partial charge in [-0.15, -0.1) is 0 Å². The molecule has 0 aliphatic rings. The van der Waals surface area contributed by atoms with Gasteiger partial charge in [0, 0.05) is 5.57 Å². The maximum absolute atomic E-state index is 14.6. The molecule has 0 rings (SSSR count). The molecule has 0 saturated carbocycles. The molecule has 2 unspecified atom stereocenters. The van der Waals surface area contributed by atoms with E-state index in [4.69, 9.17) is 0 Å². The first-order valence-electron chi connectivity index (χ1n) is 9.59. The minimum Gasteiger partial charge on any atom is -0.203 e. The Morgan fingerprint density at radius 2 is 1.07 bits per heavy atom. The summed E-state index contributed by atoms with van der Waals surface area (Å²) < 4.78 is 56.8. The van der Waals surface area contributed by atoms with Gasteiger partial charge >= 0.3 is 0 Å². The minimum atomic E-state index is -1.13. The van der Waals surface area contributed by atoms with Crippen molar-refractivity contribution in [2.24, 2.45) is 11.8 Å². The molecule has 0 spiro atoms. The molecule has 0 nitrogen and oxygen atoms in total. The van der Waals surface area contributed by atoms with E-state index in [0.29, 0.717) is 12.8 Å². The second-order valence-corrected chi connectivity index (χ2v) is 7.65. The van der Waals surface area contributed by atoms with E-state index >= 15 is 0 Å². The molecule has 0 bridgehead atoms. The standard InChI is InChI=1S/C26H32F4/c1-15(2)11-12-17(5)21(9)25(29)26(30)22(10)19(7)14-13-18(6)20(8)24(28)23(27)16(3)4/h11-12,18-19H,1,3,5,8-10,13-14H2,2,4,6-7H3/b12-11-,24-23-,26-25-. The third-order valence-corrected chi connectivity index (χ3v) is 4.77. The molecule has 0 aromatic heterocycles. The normalized spacial score (nSPS) is 15.1. The zero-order valence-electron chi connectivity index (χ0n) is 18.5. The Hall–Kier alpha value is -2.62. The maximum Gasteiger partial charge on any atom is 0.166 e. The van der Waals surface area contributed by atoms with Crippen molar-refractivity contribution in [3.8, 4) is 0 Å². The maximum atomic E-state index is 14.6. The molecule has 0 N–H and O–H groups in total. The predicted molar refractivity (Wildman–Crippen MR) is 121 cm³/mol. The summed E-state index contributed by atoms with van der Waals surface area (Å²) >= 11 is 0. The van der Waals surface area contributed by atoms with Gasteiger partial charge in [-0.2, -0.15) is 0 Å². The first-order chi connectivity index (χ1) is 13.7. The number of halogens is 4. The van der Waals surface area contributed by atoms with Crippen LogP contribution in [0.5, 0.6) is 0 Å². The highest BCUT2D eigenvalue weighted by Gasteiger charge is 2.21. The van der Waals surface area contributed by atoms with Gasteiger partial charge in [0.15, 0.2) is 23.3 Å². The summed E-state index contributed by atoms with van der Waals surface area (Å²) in [5.74, 6) is -5.11. The monoisotopic (exact) mass is 420 g/mol. The van der Waals surface area contributed by atoms with Gasteiger partial charge in [-0.1, -0.05) is 71.0 Å². The van der Waals surface area contributed by atoms with Crippen molar-refractivity contribution in [2.45, 2.75) is 40.5 Å². The average molecular weight is 421 g/mol. The fourth-order valence-electron chi connectivity index (χ4n) is 2.37. The highest BCUT2D eigenvalue weighted by molar-refractivity contribution is 5.50. The largest absolute Gasteiger partial charge is 0.203 e. The van der Waals surface area contributed by atoms with Gasteiger partial charge in [0.25, 0.3) is 0 Å². The van der Waals surface area contributed by atoms with Gasteiger partial charge in [0.05, 0.1) is 0 Å². The van der Waals surface area contributed by atoms with E-state index in [0.717, 1.165) is 5.57 Å². The Morgan fingerprint density at radius 1 is 0.667 bits per heavy atom. The fourth-order valence-corrected chi connectivity index (χ4v) is 2.37. The van der Waals surface area contributed by atoms with Crippen molar-refractivity contribution in [1.82, 2.24) is 0 Å². The van der Waals surface area contributed by atoms with E-state index in [1.807, 2.05) is 0 Å². The molecule has 30 heavy (non-hydrogen) atoms. The molecule has 0 radical (unpaired) electrons. The van der Waals surface area contributed by atoms with E-state index in [-0.39, 0.29) is 27.9 Å².